The monoisotopic (exact) mass is 510 g/mol. The highest BCUT2D eigenvalue weighted by atomic mass is 32.2. The van der Waals surface area contributed by atoms with E-state index >= 15 is 0 Å². The first-order valence-corrected chi connectivity index (χ1v) is 13.1. The molecule has 0 radical (unpaired) electrons. The number of amides is 1. The van der Waals surface area contributed by atoms with Gasteiger partial charge in [0, 0.05) is 12.2 Å². The smallest absolute Gasteiger partial charge is 0.338 e. The van der Waals surface area contributed by atoms with Crippen LogP contribution in [-0.2, 0) is 22.7 Å². The van der Waals surface area contributed by atoms with Gasteiger partial charge in [0.1, 0.15) is 12.4 Å². The number of rotatable bonds is 11. The minimum absolute atomic E-state index is 0.148. The number of hydrogen-bond donors (Lipinski definition) is 1. The molecular formula is C27H34N4O4S. The molecule has 1 aromatic heterocycles. The fourth-order valence-electron chi connectivity index (χ4n) is 3.57. The van der Waals surface area contributed by atoms with Crippen LogP contribution in [0.4, 0.5) is 5.69 Å². The van der Waals surface area contributed by atoms with E-state index < -0.39 is 5.97 Å². The van der Waals surface area contributed by atoms with E-state index in [1.54, 1.807) is 38.1 Å². The molecule has 1 heterocycles. The average molecular weight is 511 g/mol. The highest BCUT2D eigenvalue weighted by molar-refractivity contribution is 7.99. The molecule has 8 nitrogen and oxygen atoms in total. The zero-order valence-electron chi connectivity index (χ0n) is 21.7. The molecular weight excluding hydrogens is 476 g/mol. The number of nitrogens with one attached hydrogen (secondary N) is 1. The van der Waals surface area contributed by atoms with Crippen LogP contribution in [0.2, 0.25) is 0 Å². The Kier molecular flexibility index (Phi) is 9.52. The van der Waals surface area contributed by atoms with Crippen molar-refractivity contribution in [3.05, 3.63) is 65.0 Å². The molecule has 3 aromatic rings. The maximum atomic E-state index is 12.6. The first-order chi connectivity index (χ1) is 17.2. The van der Waals surface area contributed by atoms with Crippen LogP contribution < -0.4 is 10.1 Å². The molecule has 0 atom stereocenters. The van der Waals surface area contributed by atoms with E-state index in [0.717, 1.165) is 16.9 Å². The Bertz CT molecular complexity index is 1210. The summed E-state index contributed by atoms with van der Waals surface area (Å²) < 4.78 is 13.3. The van der Waals surface area contributed by atoms with E-state index in [9.17, 15) is 9.59 Å². The number of benzene rings is 2. The van der Waals surface area contributed by atoms with Crippen LogP contribution in [-0.4, -0.2) is 38.5 Å². The normalized spacial score (nSPS) is 11.1. The number of hydrogen-bond acceptors (Lipinski definition) is 7. The van der Waals surface area contributed by atoms with Gasteiger partial charge in [-0.25, -0.2) is 4.79 Å². The molecule has 0 aliphatic heterocycles. The van der Waals surface area contributed by atoms with Gasteiger partial charge in [0.05, 0.1) is 17.4 Å². The Balaban J connectivity index is 1.61. The second-order valence-corrected chi connectivity index (χ2v) is 9.94. The molecule has 0 bridgehead atoms. The summed E-state index contributed by atoms with van der Waals surface area (Å²) in [6.45, 7) is 12.8. The number of carbonyl (C=O) groups is 2. The van der Waals surface area contributed by atoms with Gasteiger partial charge in [-0.3, -0.25) is 4.79 Å². The van der Waals surface area contributed by atoms with Crippen LogP contribution in [0.1, 0.15) is 67.8 Å². The van der Waals surface area contributed by atoms with E-state index in [0.29, 0.717) is 34.7 Å². The lowest BCUT2D eigenvalue weighted by atomic mass is 10.0. The van der Waals surface area contributed by atoms with Gasteiger partial charge >= 0.3 is 5.97 Å². The molecule has 0 spiro atoms. The third-order valence-electron chi connectivity index (χ3n) is 5.31. The maximum absolute atomic E-state index is 12.6. The van der Waals surface area contributed by atoms with Crippen molar-refractivity contribution >= 4 is 29.3 Å². The quantitative estimate of drug-likeness (QED) is 0.265. The van der Waals surface area contributed by atoms with Gasteiger partial charge in [-0.1, -0.05) is 43.8 Å². The molecule has 36 heavy (non-hydrogen) atoms. The van der Waals surface area contributed by atoms with E-state index in [1.807, 2.05) is 24.5 Å². The first-order valence-electron chi connectivity index (χ1n) is 12.1. The van der Waals surface area contributed by atoms with Gasteiger partial charge in [-0.15, -0.1) is 10.2 Å². The third kappa shape index (κ3) is 7.34. The van der Waals surface area contributed by atoms with Crippen molar-refractivity contribution in [1.29, 1.82) is 0 Å². The van der Waals surface area contributed by atoms with Gasteiger partial charge in [0.2, 0.25) is 5.91 Å². The van der Waals surface area contributed by atoms with E-state index in [1.165, 1.54) is 11.8 Å². The molecule has 1 N–H and O–H groups in total. The van der Waals surface area contributed by atoms with Crippen LogP contribution in [0.3, 0.4) is 0 Å². The maximum Gasteiger partial charge on any atom is 0.338 e. The third-order valence-corrected chi connectivity index (χ3v) is 6.28. The van der Waals surface area contributed by atoms with Gasteiger partial charge < -0.3 is 19.4 Å². The predicted octanol–water partition coefficient (Wildman–Crippen LogP) is 5.60. The van der Waals surface area contributed by atoms with Crippen molar-refractivity contribution in [2.24, 2.45) is 0 Å². The molecule has 3 rings (SSSR count). The minimum Gasteiger partial charge on any atom is -0.485 e. The SMILES string of the molecule is CCn1c(COc2cc(C)ccc2C(C)C)nnc1SCC(=O)Nc1cccc(C(=O)OC(C)C)c1. The van der Waals surface area contributed by atoms with Crippen LogP contribution >= 0.6 is 11.8 Å². The van der Waals surface area contributed by atoms with Crippen molar-refractivity contribution in [1.82, 2.24) is 14.8 Å². The van der Waals surface area contributed by atoms with Crippen molar-refractivity contribution in [3.8, 4) is 5.75 Å². The van der Waals surface area contributed by atoms with E-state index in [4.69, 9.17) is 9.47 Å². The number of aromatic nitrogens is 3. The van der Waals surface area contributed by atoms with Gasteiger partial charge in [-0.05, 0) is 69.0 Å². The molecule has 2 aromatic carbocycles. The lowest BCUT2D eigenvalue weighted by molar-refractivity contribution is -0.113. The predicted molar refractivity (Wildman–Crippen MR) is 142 cm³/mol. The molecule has 0 aliphatic rings. The largest absolute Gasteiger partial charge is 0.485 e. The Morgan fingerprint density at radius 1 is 1.08 bits per heavy atom. The highest BCUT2D eigenvalue weighted by Gasteiger charge is 2.16. The molecule has 192 valence electrons. The van der Waals surface area contributed by atoms with Crippen molar-refractivity contribution in [3.63, 3.8) is 0 Å². The number of ether oxygens (including phenoxy) is 2. The van der Waals surface area contributed by atoms with Crippen molar-refractivity contribution < 1.29 is 19.1 Å². The first kappa shape index (κ1) is 27.3. The lowest BCUT2D eigenvalue weighted by Gasteiger charge is -2.15. The van der Waals surface area contributed by atoms with Crippen LogP contribution in [0.15, 0.2) is 47.6 Å². The summed E-state index contributed by atoms with van der Waals surface area (Å²) in [5.74, 6) is 1.41. The number of thioether (sulfide) groups is 1. The number of carbonyl (C=O) groups excluding carboxylic acids is 2. The highest BCUT2D eigenvalue weighted by Crippen LogP contribution is 2.28. The van der Waals surface area contributed by atoms with E-state index in [-0.39, 0.29) is 24.4 Å². The Morgan fingerprint density at radius 2 is 1.86 bits per heavy atom. The summed E-state index contributed by atoms with van der Waals surface area (Å²) >= 11 is 1.30. The summed E-state index contributed by atoms with van der Waals surface area (Å²) in [6.07, 6.45) is -0.215. The fourth-order valence-corrected chi connectivity index (χ4v) is 4.39. The van der Waals surface area contributed by atoms with Crippen LogP contribution in [0, 0.1) is 6.92 Å². The zero-order valence-corrected chi connectivity index (χ0v) is 22.5. The van der Waals surface area contributed by atoms with E-state index in [2.05, 4.69) is 41.5 Å². The van der Waals surface area contributed by atoms with Crippen LogP contribution in [0.5, 0.6) is 5.75 Å². The summed E-state index contributed by atoms with van der Waals surface area (Å²) in [4.78, 5) is 24.7. The summed E-state index contributed by atoms with van der Waals surface area (Å²) in [7, 11) is 0. The standard InChI is InChI=1S/C27H34N4O4S/c1-7-31-24(15-34-23-13-19(6)11-12-22(23)17(2)3)29-30-27(31)36-16-25(32)28-21-10-8-9-20(14-21)26(33)35-18(4)5/h8-14,17-18H,7,15-16H2,1-6H3,(H,28,32). The van der Waals surface area contributed by atoms with Crippen molar-refractivity contribution in [2.45, 2.75) is 71.9 Å². The zero-order chi connectivity index (χ0) is 26.2. The summed E-state index contributed by atoms with van der Waals surface area (Å²) in [6, 6.07) is 12.9. The van der Waals surface area contributed by atoms with Gasteiger partial charge in [-0.2, -0.15) is 0 Å². The molecule has 1 amide bonds. The number of nitrogens with zero attached hydrogens (tertiary/aromatic N) is 3. The van der Waals surface area contributed by atoms with Gasteiger partial charge in [0.25, 0.3) is 0 Å². The Morgan fingerprint density at radius 3 is 2.56 bits per heavy atom. The summed E-state index contributed by atoms with van der Waals surface area (Å²) in [5.41, 5.74) is 3.20. The Labute approximate surface area is 216 Å². The lowest BCUT2D eigenvalue weighted by Crippen LogP contribution is -2.16. The summed E-state index contributed by atoms with van der Waals surface area (Å²) in [5, 5.41) is 12.0. The number of esters is 1. The van der Waals surface area contributed by atoms with Gasteiger partial charge in [0.15, 0.2) is 11.0 Å². The molecule has 0 fully saturated rings. The Hall–Kier alpha value is -3.33. The topological polar surface area (TPSA) is 95.3 Å². The van der Waals surface area contributed by atoms with Crippen molar-refractivity contribution in [2.75, 3.05) is 11.1 Å². The molecule has 0 unspecified atom stereocenters. The average Bonchev–Trinajstić information content (AvgIpc) is 3.22. The van der Waals surface area contributed by atoms with Crippen LogP contribution in [0.25, 0.3) is 0 Å². The molecule has 0 aliphatic carbocycles. The molecule has 0 saturated carbocycles. The second kappa shape index (κ2) is 12.6. The molecule has 0 saturated heterocycles. The number of anilines is 1. The molecule has 9 heteroatoms. The fraction of sp³-hybridized carbons (Fsp3) is 0.407. The minimum atomic E-state index is -0.424. The second-order valence-electron chi connectivity index (χ2n) is 9.00. The number of aryl methyl sites for hydroxylation is 1.